The standard InChI is InChI=1S/C12H17BrN2O/c13-11-5-2-6-15-12(11)16-8-10-4-1-3-9(10)7-14/h2,5-6,9-10H,1,3-4,7-8,14H2. The third kappa shape index (κ3) is 2.74. The molecule has 1 aliphatic rings. The summed E-state index contributed by atoms with van der Waals surface area (Å²) in [7, 11) is 0. The van der Waals surface area contributed by atoms with Crippen molar-refractivity contribution in [1.82, 2.24) is 4.98 Å². The van der Waals surface area contributed by atoms with Crippen molar-refractivity contribution in [2.24, 2.45) is 17.6 Å². The van der Waals surface area contributed by atoms with Crippen molar-refractivity contribution in [3.05, 3.63) is 22.8 Å². The summed E-state index contributed by atoms with van der Waals surface area (Å²) in [5.74, 6) is 1.91. The van der Waals surface area contributed by atoms with Gasteiger partial charge in [0.05, 0.1) is 11.1 Å². The van der Waals surface area contributed by atoms with Crippen LogP contribution in [0.15, 0.2) is 22.8 Å². The Morgan fingerprint density at radius 1 is 1.44 bits per heavy atom. The molecule has 1 fully saturated rings. The van der Waals surface area contributed by atoms with Gasteiger partial charge in [-0.3, -0.25) is 0 Å². The van der Waals surface area contributed by atoms with Crippen LogP contribution in [0.4, 0.5) is 0 Å². The second-order valence-corrected chi connectivity index (χ2v) is 5.14. The molecule has 1 heterocycles. The van der Waals surface area contributed by atoms with Crippen molar-refractivity contribution in [3.63, 3.8) is 0 Å². The average molecular weight is 285 g/mol. The van der Waals surface area contributed by atoms with Crippen LogP contribution in [0.2, 0.25) is 0 Å². The molecule has 1 aromatic heterocycles. The number of ether oxygens (including phenoxy) is 1. The zero-order chi connectivity index (χ0) is 11.4. The lowest BCUT2D eigenvalue weighted by atomic mass is 9.97. The van der Waals surface area contributed by atoms with Gasteiger partial charge in [-0.1, -0.05) is 6.42 Å². The highest BCUT2D eigenvalue weighted by Gasteiger charge is 2.26. The number of hydrogen-bond acceptors (Lipinski definition) is 3. The lowest BCUT2D eigenvalue weighted by Gasteiger charge is -2.18. The number of nitrogens with two attached hydrogens (primary N) is 1. The van der Waals surface area contributed by atoms with Gasteiger partial charge in [-0.25, -0.2) is 4.98 Å². The fourth-order valence-corrected chi connectivity index (χ4v) is 2.68. The van der Waals surface area contributed by atoms with Crippen molar-refractivity contribution in [1.29, 1.82) is 0 Å². The molecule has 2 rings (SSSR count). The number of rotatable bonds is 4. The molecule has 0 aromatic carbocycles. The zero-order valence-corrected chi connectivity index (χ0v) is 10.8. The molecule has 1 aliphatic carbocycles. The predicted octanol–water partition coefficient (Wildman–Crippen LogP) is 2.60. The van der Waals surface area contributed by atoms with Crippen molar-refractivity contribution in [2.45, 2.75) is 19.3 Å². The normalized spacial score (nSPS) is 24.6. The molecule has 0 bridgehead atoms. The number of aromatic nitrogens is 1. The summed E-state index contributed by atoms with van der Waals surface area (Å²) in [6.07, 6.45) is 5.49. The van der Waals surface area contributed by atoms with E-state index in [1.807, 2.05) is 12.1 Å². The third-order valence-corrected chi connectivity index (χ3v) is 3.88. The Hall–Kier alpha value is -0.610. The van der Waals surface area contributed by atoms with E-state index >= 15 is 0 Å². The highest BCUT2D eigenvalue weighted by molar-refractivity contribution is 9.10. The lowest BCUT2D eigenvalue weighted by molar-refractivity contribution is 0.209. The first-order chi connectivity index (χ1) is 7.81. The molecule has 2 atom stereocenters. The van der Waals surface area contributed by atoms with Gasteiger partial charge in [0.25, 0.3) is 0 Å². The second kappa shape index (κ2) is 5.64. The number of nitrogens with zero attached hydrogens (tertiary/aromatic N) is 1. The summed E-state index contributed by atoms with van der Waals surface area (Å²) in [6.45, 7) is 1.51. The fourth-order valence-electron chi connectivity index (χ4n) is 2.31. The molecule has 2 N–H and O–H groups in total. The Labute approximate surface area is 105 Å². The number of hydrogen-bond donors (Lipinski definition) is 1. The highest BCUT2D eigenvalue weighted by atomic mass is 79.9. The van der Waals surface area contributed by atoms with Crippen molar-refractivity contribution in [3.8, 4) is 5.88 Å². The van der Waals surface area contributed by atoms with Crippen LogP contribution in [0.5, 0.6) is 5.88 Å². The number of pyridine rings is 1. The first-order valence-corrected chi connectivity index (χ1v) is 6.54. The van der Waals surface area contributed by atoms with E-state index in [9.17, 15) is 0 Å². The van der Waals surface area contributed by atoms with Gasteiger partial charge in [0, 0.05) is 6.20 Å². The first-order valence-electron chi connectivity index (χ1n) is 5.74. The molecule has 2 unspecified atom stereocenters. The van der Waals surface area contributed by atoms with Crippen LogP contribution < -0.4 is 10.5 Å². The van der Waals surface area contributed by atoms with Gasteiger partial charge in [0.15, 0.2) is 0 Å². The molecule has 0 aliphatic heterocycles. The monoisotopic (exact) mass is 284 g/mol. The van der Waals surface area contributed by atoms with Gasteiger partial charge in [-0.05, 0) is 59.3 Å². The van der Waals surface area contributed by atoms with Gasteiger partial charge >= 0.3 is 0 Å². The molecule has 0 amide bonds. The minimum absolute atomic E-state index is 0.596. The van der Waals surface area contributed by atoms with Crippen LogP contribution in [0.25, 0.3) is 0 Å². The van der Waals surface area contributed by atoms with Crippen LogP contribution in [-0.4, -0.2) is 18.1 Å². The van der Waals surface area contributed by atoms with Crippen LogP contribution >= 0.6 is 15.9 Å². The van der Waals surface area contributed by atoms with Gasteiger partial charge in [0.2, 0.25) is 5.88 Å². The Kier molecular flexibility index (Phi) is 4.18. The molecule has 0 spiro atoms. The quantitative estimate of drug-likeness (QED) is 0.925. The highest BCUT2D eigenvalue weighted by Crippen LogP contribution is 2.32. The lowest BCUT2D eigenvalue weighted by Crippen LogP contribution is -2.23. The van der Waals surface area contributed by atoms with E-state index in [4.69, 9.17) is 10.5 Å². The van der Waals surface area contributed by atoms with Gasteiger partial charge in [-0.2, -0.15) is 0 Å². The molecule has 0 radical (unpaired) electrons. The molecule has 3 nitrogen and oxygen atoms in total. The Balaban J connectivity index is 1.90. The Morgan fingerprint density at radius 3 is 3.00 bits per heavy atom. The number of halogens is 1. The summed E-state index contributed by atoms with van der Waals surface area (Å²) < 4.78 is 6.65. The van der Waals surface area contributed by atoms with E-state index in [-0.39, 0.29) is 0 Å². The van der Waals surface area contributed by atoms with Crippen LogP contribution in [0.1, 0.15) is 19.3 Å². The molecular formula is C12H17BrN2O. The topological polar surface area (TPSA) is 48.1 Å². The predicted molar refractivity (Wildman–Crippen MR) is 67.3 cm³/mol. The third-order valence-electron chi connectivity index (χ3n) is 3.28. The fraction of sp³-hybridized carbons (Fsp3) is 0.583. The molecular weight excluding hydrogens is 268 g/mol. The van der Waals surface area contributed by atoms with E-state index in [1.165, 1.54) is 19.3 Å². The maximum Gasteiger partial charge on any atom is 0.227 e. The smallest absolute Gasteiger partial charge is 0.227 e. The van der Waals surface area contributed by atoms with Crippen LogP contribution in [0.3, 0.4) is 0 Å². The molecule has 1 saturated carbocycles. The summed E-state index contributed by atoms with van der Waals surface area (Å²) in [5.41, 5.74) is 5.74. The van der Waals surface area contributed by atoms with Crippen LogP contribution in [0, 0.1) is 11.8 Å². The van der Waals surface area contributed by atoms with Crippen LogP contribution in [-0.2, 0) is 0 Å². The molecule has 88 valence electrons. The van der Waals surface area contributed by atoms with Gasteiger partial charge in [-0.15, -0.1) is 0 Å². The van der Waals surface area contributed by atoms with E-state index < -0.39 is 0 Å². The van der Waals surface area contributed by atoms with Gasteiger partial charge in [0.1, 0.15) is 0 Å². The average Bonchev–Trinajstić information content (AvgIpc) is 2.75. The Morgan fingerprint density at radius 2 is 2.25 bits per heavy atom. The summed E-state index contributed by atoms with van der Waals surface area (Å²) in [5, 5.41) is 0. The van der Waals surface area contributed by atoms with E-state index in [0.717, 1.165) is 17.6 Å². The van der Waals surface area contributed by atoms with Gasteiger partial charge < -0.3 is 10.5 Å². The summed E-state index contributed by atoms with van der Waals surface area (Å²) in [6, 6.07) is 3.83. The molecule has 16 heavy (non-hydrogen) atoms. The maximum absolute atomic E-state index is 5.74. The largest absolute Gasteiger partial charge is 0.477 e. The summed E-state index contributed by atoms with van der Waals surface area (Å²) >= 11 is 3.43. The van der Waals surface area contributed by atoms with E-state index in [1.54, 1.807) is 6.20 Å². The molecule has 0 saturated heterocycles. The second-order valence-electron chi connectivity index (χ2n) is 4.29. The van der Waals surface area contributed by atoms with E-state index in [0.29, 0.717) is 17.7 Å². The molecule has 4 heteroatoms. The minimum Gasteiger partial charge on any atom is -0.477 e. The van der Waals surface area contributed by atoms with E-state index in [2.05, 4.69) is 20.9 Å². The Bertz CT molecular complexity index is 346. The first kappa shape index (κ1) is 11.9. The zero-order valence-electron chi connectivity index (χ0n) is 9.23. The van der Waals surface area contributed by atoms with Crippen molar-refractivity contribution in [2.75, 3.05) is 13.2 Å². The van der Waals surface area contributed by atoms with Crippen molar-refractivity contribution < 1.29 is 4.74 Å². The van der Waals surface area contributed by atoms with Crippen molar-refractivity contribution >= 4 is 15.9 Å². The summed E-state index contributed by atoms with van der Waals surface area (Å²) in [4.78, 5) is 4.19. The SMILES string of the molecule is NCC1CCCC1COc1ncccc1Br. The maximum atomic E-state index is 5.74. The minimum atomic E-state index is 0.596. The molecule has 1 aromatic rings.